The Morgan fingerprint density at radius 3 is 2.54 bits per heavy atom. The van der Waals surface area contributed by atoms with Gasteiger partial charge in [-0.25, -0.2) is 4.79 Å². The van der Waals surface area contributed by atoms with Gasteiger partial charge in [-0.05, 0) is 43.4 Å². The van der Waals surface area contributed by atoms with Gasteiger partial charge in [0.2, 0.25) is 5.91 Å². The summed E-state index contributed by atoms with van der Waals surface area (Å²) in [5.74, 6) is -0.0930. The Morgan fingerprint density at radius 1 is 1.25 bits per heavy atom. The van der Waals surface area contributed by atoms with Crippen molar-refractivity contribution in [3.8, 4) is 0 Å². The Hall–Kier alpha value is -1.59. The molecular weight excluding hydrogens is 306 g/mol. The van der Waals surface area contributed by atoms with Crippen molar-refractivity contribution in [3.05, 3.63) is 0 Å². The lowest BCUT2D eigenvalue weighted by atomic mass is 9.64. The number of urea groups is 1. The van der Waals surface area contributed by atoms with Gasteiger partial charge in [-0.15, -0.1) is 0 Å². The van der Waals surface area contributed by atoms with Crippen LogP contribution < -0.4 is 10.6 Å². The lowest BCUT2D eigenvalue weighted by Gasteiger charge is -2.43. The van der Waals surface area contributed by atoms with E-state index in [9.17, 15) is 14.4 Å². The molecular formula is C18H29N3O3. The van der Waals surface area contributed by atoms with E-state index in [1.165, 1.54) is 0 Å². The molecule has 2 aliphatic carbocycles. The molecule has 1 aliphatic heterocycles. The molecule has 0 bridgehead atoms. The number of hydrogen-bond donors (Lipinski definition) is 2. The van der Waals surface area contributed by atoms with Crippen molar-refractivity contribution >= 4 is 17.8 Å². The van der Waals surface area contributed by atoms with Gasteiger partial charge in [0, 0.05) is 6.04 Å². The van der Waals surface area contributed by atoms with Gasteiger partial charge in [0.25, 0.3) is 5.91 Å². The maximum absolute atomic E-state index is 13.0. The highest BCUT2D eigenvalue weighted by atomic mass is 16.2. The van der Waals surface area contributed by atoms with Crippen LogP contribution in [0.2, 0.25) is 0 Å². The predicted octanol–water partition coefficient (Wildman–Crippen LogP) is 2.18. The Morgan fingerprint density at radius 2 is 1.92 bits per heavy atom. The van der Waals surface area contributed by atoms with E-state index >= 15 is 0 Å². The first-order chi connectivity index (χ1) is 11.2. The predicted molar refractivity (Wildman–Crippen MR) is 90.2 cm³/mol. The van der Waals surface area contributed by atoms with Crippen LogP contribution in [0.3, 0.4) is 0 Å². The van der Waals surface area contributed by atoms with E-state index in [-0.39, 0.29) is 29.8 Å². The molecule has 3 aliphatic rings. The van der Waals surface area contributed by atoms with Crippen LogP contribution in [-0.2, 0) is 9.59 Å². The largest absolute Gasteiger partial charge is 0.352 e. The zero-order chi connectivity index (χ0) is 17.5. The molecule has 1 saturated heterocycles. The monoisotopic (exact) mass is 335 g/mol. The molecule has 0 unspecified atom stereocenters. The van der Waals surface area contributed by atoms with Crippen molar-refractivity contribution < 1.29 is 14.4 Å². The number of imide groups is 1. The number of amides is 4. The quantitative estimate of drug-likeness (QED) is 0.776. The van der Waals surface area contributed by atoms with Gasteiger partial charge in [0.1, 0.15) is 12.1 Å². The first-order valence-corrected chi connectivity index (χ1v) is 9.14. The van der Waals surface area contributed by atoms with Crippen molar-refractivity contribution in [2.24, 2.45) is 11.3 Å². The highest BCUT2D eigenvalue weighted by Crippen LogP contribution is 2.46. The third-order valence-electron chi connectivity index (χ3n) is 5.65. The van der Waals surface area contributed by atoms with Gasteiger partial charge in [0.15, 0.2) is 0 Å². The lowest BCUT2D eigenvalue weighted by molar-refractivity contribution is -0.137. The standard InChI is InChI=1S/C18H29N3O3/c1-12-8-17(2,3)11-18(9-12)15(23)21(16(24)20-18)10-14(22)19-13-6-4-5-7-13/h12-13H,4-11H2,1-3H3,(H,19,22)(H,20,24)/t12-,18-/m0/s1. The molecule has 2 N–H and O–H groups in total. The summed E-state index contributed by atoms with van der Waals surface area (Å²) in [4.78, 5) is 38.7. The van der Waals surface area contributed by atoms with Gasteiger partial charge >= 0.3 is 6.03 Å². The Balaban J connectivity index is 1.68. The SMILES string of the molecule is C[C@H]1CC(C)(C)C[C@]2(C1)NC(=O)N(CC(=O)NC1CCCC1)C2=O. The molecule has 6 nitrogen and oxygen atoms in total. The van der Waals surface area contributed by atoms with E-state index in [1.54, 1.807) is 0 Å². The number of rotatable bonds is 3. The fraction of sp³-hybridized carbons (Fsp3) is 0.833. The van der Waals surface area contributed by atoms with E-state index < -0.39 is 11.6 Å². The van der Waals surface area contributed by atoms with E-state index in [2.05, 4.69) is 31.4 Å². The molecule has 6 heteroatoms. The molecule has 3 fully saturated rings. The molecule has 0 aromatic rings. The maximum Gasteiger partial charge on any atom is 0.325 e. The molecule has 134 valence electrons. The van der Waals surface area contributed by atoms with E-state index in [4.69, 9.17) is 0 Å². The summed E-state index contributed by atoms with van der Waals surface area (Å²) in [5.41, 5.74) is -0.825. The Kier molecular flexibility index (Phi) is 4.34. The minimum absolute atomic E-state index is 0.00270. The lowest BCUT2D eigenvalue weighted by Crippen LogP contribution is -2.54. The van der Waals surface area contributed by atoms with Gasteiger partial charge in [-0.1, -0.05) is 33.6 Å². The second kappa shape index (κ2) is 6.05. The van der Waals surface area contributed by atoms with Gasteiger partial charge in [0.05, 0.1) is 0 Å². The van der Waals surface area contributed by atoms with Gasteiger partial charge in [-0.2, -0.15) is 0 Å². The average molecular weight is 335 g/mol. The third-order valence-corrected chi connectivity index (χ3v) is 5.65. The summed E-state index contributed by atoms with van der Waals surface area (Å²) in [6, 6.07) is -0.229. The number of nitrogens with zero attached hydrogens (tertiary/aromatic N) is 1. The summed E-state index contributed by atoms with van der Waals surface area (Å²) >= 11 is 0. The average Bonchev–Trinajstić information content (AvgIpc) is 3.00. The summed E-state index contributed by atoms with van der Waals surface area (Å²) in [5, 5.41) is 5.86. The Labute approximate surface area is 143 Å². The fourth-order valence-electron chi connectivity index (χ4n) is 5.14. The second-order valence-corrected chi connectivity index (χ2v) is 8.81. The molecule has 0 radical (unpaired) electrons. The van der Waals surface area contributed by atoms with Gasteiger partial charge < -0.3 is 10.6 Å². The molecule has 2 saturated carbocycles. The van der Waals surface area contributed by atoms with E-state index in [0.717, 1.165) is 37.0 Å². The van der Waals surface area contributed by atoms with Crippen molar-refractivity contribution in [1.82, 2.24) is 15.5 Å². The number of carbonyl (C=O) groups is 3. The molecule has 24 heavy (non-hydrogen) atoms. The minimum Gasteiger partial charge on any atom is -0.352 e. The summed E-state index contributed by atoms with van der Waals surface area (Å²) < 4.78 is 0. The first kappa shape index (κ1) is 17.2. The molecule has 4 amide bonds. The van der Waals surface area contributed by atoms with Crippen molar-refractivity contribution in [1.29, 1.82) is 0 Å². The maximum atomic E-state index is 13.0. The number of carbonyl (C=O) groups excluding carboxylic acids is 3. The third kappa shape index (κ3) is 3.28. The van der Waals surface area contributed by atoms with Crippen LogP contribution in [0, 0.1) is 11.3 Å². The summed E-state index contributed by atoms with van der Waals surface area (Å²) in [7, 11) is 0. The van der Waals surface area contributed by atoms with Crippen LogP contribution in [0.5, 0.6) is 0 Å². The zero-order valence-corrected chi connectivity index (χ0v) is 15.0. The summed E-state index contributed by atoms with van der Waals surface area (Å²) in [6.45, 7) is 6.23. The highest BCUT2D eigenvalue weighted by molar-refractivity contribution is 6.09. The second-order valence-electron chi connectivity index (χ2n) is 8.81. The molecule has 0 aromatic heterocycles. The van der Waals surface area contributed by atoms with Crippen LogP contribution >= 0.6 is 0 Å². The van der Waals surface area contributed by atoms with Crippen LogP contribution in [-0.4, -0.2) is 40.9 Å². The number of hydrogen-bond acceptors (Lipinski definition) is 3. The van der Waals surface area contributed by atoms with Crippen LogP contribution in [0.1, 0.15) is 65.7 Å². The van der Waals surface area contributed by atoms with Crippen LogP contribution in [0.15, 0.2) is 0 Å². The number of nitrogens with one attached hydrogen (secondary N) is 2. The molecule has 2 atom stereocenters. The van der Waals surface area contributed by atoms with E-state index in [1.807, 2.05) is 0 Å². The molecule has 1 spiro atoms. The molecule has 1 heterocycles. The summed E-state index contributed by atoms with van der Waals surface area (Å²) in [6.07, 6.45) is 6.56. The highest BCUT2D eigenvalue weighted by Gasteiger charge is 2.56. The van der Waals surface area contributed by atoms with Crippen molar-refractivity contribution in [2.45, 2.75) is 77.3 Å². The van der Waals surface area contributed by atoms with Gasteiger partial charge in [-0.3, -0.25) is 14.5 Å². The topological polar surface area (TPSA) is 78.5 Å². The minimum atomic E-state index is -0.827. The fourth-order valence-corrected chi connectivity index (χ4v) is 5.14. The normalized spacial score (nSPS) is 33.1. The van der Waals surface area contributed by atoms with E-state index in [0.29, 0.717) is 18.8 Å². The smallest absolute Gasteiger partial charge is 0.325 e. The molecule has 0 aromatic carbocycles. The first-order valence-electron chi connectivity index (χ1n) is 9.14. The van der Waals surface area contributed by atoms with Crippen molar-refractivity contribution in [2.75, 3.05) is 6.54 Å². The Bertz CT molecular complexity index is 554. The van der Waals surface area contributed by atoms with Crippen LogP contribution in [0.25, 0.3) is 0 Å². The van der Waals surface area contributed by atoms with Crippen molar-refractivity contribution in [3.63, 3.8) is 0 Å². The van der Waals surface area contributed by atoms with Crippen LogP contribution in [0.4, 0.5) is 4.79 Å². The molecule has 3 rings (SSSR count). The zero-order valence-electron chi connectivity index (χ0n) is 15.0.